The minimum Gasteiger partial charge on any atom is -0.507 e. The van der Waals surface area contributed by atoms with Gasteiger partial charge in [0.1, 0.15) is 11.3 Å². The monoisotopic (exact) mass is 380 g/mol. The van der Waals surface area contributed by atoms with Gasteiger partial charge in [-0.05, 0) is 42.5 Å². The van der Waals surface area contributed by atoms with E-state index in [1.54, 1.807) is 36.4 Å². The number of nitrogens with zero attached hydrogens (tertiary/aromatic N) is 1. The van der Waals surface area contributed by atoms with E-state index in [4.69, 9.17) is 10.2 Å². The summed E-state index contributed by atoms with van der Waals surface area (Å²) in [7, 11) is 0. The van der Waals surface area contributed by atoms with Crippen LogP contribution in [0, 0.1) is 0 Å². The summed E-state index contributed by atoms with van der Waals surface area (Å²) in [6.45, 7) is 0.0379. The molecule has 2 aromatic carbocycles. The number of carboxylic acid groups (broad SMARTS) is 2. The highest BCUT2D eigenvalue weighted by atomic mass is 16.4. The standard InChI is InChI=1S/C20H16N2O6/c23-17-6-3-12(10-14(17)20(27)28)16-4-1-11-9-13(2-5-15(11)22-16)19(26)21-8-7-18(24)25/h1-6,9-10,23H,7-8H2,(H,21,26)(H,24,25)(H,27,28). The Morgan fingerprint density at radius 3 is 2.46 bits per heavy atom. The Hall–Kier alpha value is -3.94. The summed E-state index contributed by atoms with van der Waals surface area (Å²) in [5, 5.41) is 30.6. The first-order valence-corrected chi connectivity index (χ1v) is 8.32. The van der Waals surface area contributed by atoms with Crippen LogP contribution < -0.4 is 5.32 Å². The average molecular weight is 380 g/mol. The maximum atomic E-state index is 12.1. The number of aromatic nitrogens is 1. The summed E-state index contributed by atoms with van der Waals surface area (Å²) < 4.78 is 0. The lowest BCUT2D eigenvalue weighted by atomic mass is 10.0. The fourth-order valence-corrected chi connectivity index (χ4v) is 2.68. The van der Waals surface area contributed by atoms with E-state index in [1.165, 1.54) is 12.1 Å². The highest BCUT2D eigenvalue weighted by Crippen LogP contribution is 2.26. The molecule has 0 unspecified atom stereocenters. The third kappa shape index (κ3) is 4.07. The van der Waals surface area contributed by atoms with E-state index in [1.807, 2.05) is 0 Å². The normalized spacial score (nSPS) is 10.6. The molecule has 142 valence electrons. The predicted molar refractivity (Wildman–Crippen MR) is 100 cm³/mol. The van der Waals surface area contributed by atoms with Gasteiger partial charge >= 0.3 is 11.9 Å². The van der Waals surface area contributed by atoms with Crippen molar-refractivity contribution in [2.75, 3.05) is 6.54 Å². The van der Waals surface area contributed by atoms with Gasteiger partial charge in [-0.15, -0.1) is 0 Å². The summed E-state index contributed by atoms with van der Waals surface area (Å²) in [5.74, 6) is -2.93. The number of hydrogen-bond donors (Lipinski definition) is 4. The molecule has 0 aliphatic carbocycles. The van der Waals surface area contributed by atoms with Gasteiger partial charge < -0.3 is 20.6 Å². The number of hydrogen-bond acceptors (Lipinski definition) is 5. The molecule has 28 heavy (non-hydrogen) atoms. The van der Waals surface area contributed by atoms with Crippen LogP contribution in [0.5, 0.6) is 5.75 Å². The third-order valence-electron chi connectivity index (χ3n) is 4.10. The molecule has 4 N–H and O–H groups in total. The van der Waals surface area contributed by atoms with Gasteiger partial charge in [0.2, 0.25) is 0 Å². The van der Waals surface area contributed by atoms with Crippen molar-refractivity contribution in [2.45, 2.75) is 6.42 Å². The molecule has 0 spiro atoms. The number of fused-ring (bicyclic) bond motifs is 1. The number of carbonyl (C=O) groups is 3. The van der Waals surface area contributed by atoms with Crippen LogP contribution in [0.3, 0.4) is 0 Å². The second-order valence-electron chi connectivity index (χ2n) is 6.04. The van der Waals surface area contributed by atoms with Gasteiger partial charge in [0.25, 0.3) is 5.91 Å². The zero-order chi connectivity index (χ0) is 20.3. The number of nitrogens with one attached hydrogen (secondary N) is 1. The molecule has 3 rings (SSSR count). The molecule has 0 saturated heterocycles. The van der Waals surface area contributed by atoms with Crippen LogP contribution in [-0.2, 0) is 4.79 Å². The Morgan fingerprint density at radius 1 is 0.964 bits per heavy atom. The first-order chi connectivity index (χ1) is 13.3. The number of carboxylic acids is 2. The quantitative estimate of drug-likeness (QED) is 0.516. The fourth-order valence-electron chi connectivity index (χ4n) is 2.68. The van der Waals surface area contributed by atoms with Crippen LogP contribution in [0.4, 0.5) is 0 Å². The number of benzene rings is 2. The van der Waals surface area contributed by atoms with Crippen molar-refractivity contribution >= 4 is 28.7 Å². The predicted octanol–water partition coefficient (Wildman–Crippen LogP) is 2.51. The van der Waals surface area contributed by atoms with Gasteiger partial charge in [-0.3, -0.25) is 9.59 Å². The number of phenols is 1. The largest absolute Gasteiger partial charge is 0.507 e. The highest BCUT2D eigenvalue weighted by Gasteiger charge is 2.13. The van der Waals surface area contributed by atoms with Gasteiger partial charge in [-0.1, -0.05) is 6.07 Å². The van der Waals surface area contributed by atoms with E-state index in [0.717, 1.165) is 0 Å². The number of amides is 1. The van der Waals surface area contributed by atoms with E-state index < -0.39 is 11.9 Å². The minimum atomic E-state index is -1.24. The van der Waals surface area contributed by atoms with Gasteiger partial charge in [0.05, 0.1) is 17.6 Å². The highest BCUT2D eigenvalue weighted by molar-refractivity contribution is 5.98. The molecule has 0 saturated carbocycles. The Labute approximate surface area is 159 Å². The summed E-state index contributed by atoms with van der Waals surface area (Å²) in [5.41, 5.74) is 1.82. The molecule has 1 aromatic heterocycles. The lowest BCUT2D eigenvalue weighted by Crippen LogP contribution is -2.25. The third-order valence-corrected chi connectivity index (χ3v) is 4.10. The molecule has 0 aliphatic heterocycles. The van der Waals surface area contributed by atoms with Crippen LogP contribution in [-0.4, -0.2) is 44.7 Å². The molecular weight excluding hydrogens is 364 g/mol. The smallest absolute Gasteiger partial charge is 0.339 e. The minimum absolute atomic E-state index is 0.0379. The Morgan fingerprint density at radius 2 is 1.75 bits per heavy atom. The molecule has 0 fully saturated rings. The van der Waals surface area contributed by atoms with Gasteiger partial charge in [-0.2, -0.15) is 0 Å². The topological polar surface area (TPSA) is 137 Å². The summed E-state index contributed by atoms with van der Waals surface area (Å²) in [6, 6.07) is 12.5. The molecule has 0 aliphatic rings. The number of aromatic hydroxyl groups is 1. The van der Waals surface area contributed by atoms with Crippen LogP contribution >= 0.6 is 0 Å². The van der Waals surface area contributed by atoms with Gasteiger partial charge in [0.15, 0.2) is 0 Å². The summed E-state index contributed by atoms with van der Waals surface area (Å²) >= 11 is 0. The van der Waals surface area contributed by atoms with Crippen molar-refractivity contribution in [3.63, 3.8) is 0 Å². The summed E-state index contributed by atoms with van der Waals surface area (Å²) in [6.07, 6.45) is -0.158. The zero-order valence-corrected chi connectivity index (χ0v) is 14.5. The second-order valence-corrected chi connectivity index (χ2v) is 6.04. The van der Waals surface area contributed by atoms with Crippen molar-refractivity contribution < 1.29 is 29.7 Å². The van der Waals surface area contributed by atoms with E-state index >= 15 is 0 Å². The molecule has 0 radical (unpaired) electrons. The molecule has 3 aromatic rings. The lowest BCUT2D eigenvalue weighted by Gasteiger charge is -2.08. The fraction of sp³-hybridized carbons (Fsp3) is 0.100. The number of aliphatic carboxylic acids is 1. The molecule has 8 heteroatoms. The Bertz CT molecular complexity index is 1090. The maximum absolute atomic E-state index is 12.1. The average Bonchev–Trinajstić information content (AvgIpc) is 2.67. The Balaban J connectivity index is 1.87. The molecule has 1 amide bonds. The zero-order valence-electron chi connectivity index (χ0n) is 14.5. The summed E-state index contributed by atoms with van der Waals surface area (Å²) in [4.78, 5) is 38.3. The molecular formula is C20H16N2O6. The van der Waals surface area contributed by atoms with Crippen molar-refractivity contribution in [2.24, 2.45) is 0 Å². The van der Waals surface area contributed by atoms with E-state index in [2.05, 4.69) is 10.3 Å². The van der Waals surface area contributed by atoms with Crippen LogP contribution in [0.1, 0.15) is 27.1 Å². The molecule has 8 nitrogen and oxygen atoms in total. The van der Waals surface area contributed by atoms with Crippen LogP contribution in [0.2, 0.25) is 0 Å². The number of rotatable bonds is 6. The first kappa shape index (κ1) is 18.8. The maximum Gasteiger partial charge on any atom is 0.339 e. The SMILES string of the molecule is O=C(O)CCNC(=O)c1ccc2nc(-c3ccc(O)c(C(=O)O)c3)ccc2c1. The Kier molecular flexibility index (Phi) is 5.21. The van der Waals surface area contributed by atoms with Crippen molar-refractivity contribution in [3.8, 4) is 17.0 Å². The number of pyridine rings is 1. The van der Waals surface area contributed by atoms with Crippen molar-refractivity contribution in [1.29, 1.82) is 0 Å². The molecule has 0 atom stereocenters. The van der Waals surface area contributed by atoms with Crippen molar-refractivity contribution in [3.05, 3.63) is 59.7 Å². The van der Waals surface area contributed by atoms with E-state index in [9.17, 15) is 19.5 Å². The molecule has 0 bridgehead atoms. The van der Waals surface area contributed by atoms with Crippen LogP contribution in [0.25, 0.3) is 22.2 Å². The first-order valence-electron chi connectivity index (χ1n) is 8.32. The number of carbonyl (C=O) groups excluding carboxylic acids is 1. The van der Waals surface area contributed by atoms with Crippen molar-refractivity contribution in [1.82, 2.24) is 10.3 Å². The van der Waals surface area contributed by atoms with Gasteiger partial charge in [0, 0.05) is 23.1 Å². The van der Waals surface area contributed by atoms with E-state index in [-0.39, 0.29) is 30.2 Å². The molecule has 1 heterocycles. The number of aromatic carboxylic acids is 1. The lowest BCUT2D eigenvalue weighted by molar-refractivity contribution is -0.136. The van der Waals surface area contributed by atoms with Gasteiger partial charge in [-0.25, -0.2) is 9.78 Å². The van der Waals surface area contributed by atoms with Crippen LogP contribution in [0.15, 0.2) is 48.5 Å². The second kappa shape index (κ2) is 7.75. The van der Waals surface area contributed by atoms with E-state index in [0.29, 0.717) is 27.7 Å².